The van der Waals surface area contributed by atoms with Crippen LogP contribution in [0.2, 0.25) is 0 Å². The summed E-state index contributed by atoms with van der Waals surface area (Å²) < 4.78 is 4.86. The van der Waals surface area contributed by atoms with Crippen LogP contribution in [0.5, 0.6) is 11.5 Å². The minimum atomic E-state index is -1.02. The van der Waals surface area contributed by atoms with Gasteiger partial charge in [-0.15, -0.1) is 0 Å². The Morgan fingerprint density at radius 2 is 2.05 bits per heavy atom. The number of aromatic hydroxyl groups is 1. The summed E-state index contributed by atoms with van der Waals surface area (Å²) in [4.78, 5) is 20.2. The number of aliphatic carboxylic acids is 2. The van der Waals surface area contributed by atoms with Gasteiger partial charge in [0.1, 0.15) is 6.04 Å². The molecule has 0 spiro atoms. The van der Waals surface area contributed by atoms with E-state index in [0.717, 1.165) is 6.08 Å². The van der Waals surface area contributed by atoms with Crippen molar-refractivity contribution in [3.63, 3.8) is 0 Å². The topological polar surface area (TPSA) is 130 Å². The normalized spacial score (nSPS) is 11.4. The maximum atomic E-state index is 10.2. The maximum Gasteiger partial charge on any atom is 0.328 e. The maximum absolute atomic E-state index is 10.2. The summed E-state index contributed by atoms with van der Waals surface area (Å²) in [5, 5.41) is 25.8. The average molecular weight is 329 g/mol. The number of phenols is 1. The fourth-order valence-electron chi connectivity index (χ4n) is 1.23. The number of phenolic OH excluding ortho intramolecular Hbond substituents is 1. The smallest absolute Gasteiger partial charge is 0.328 e. The minimum Gasteiger partial charge on any atom is -0.504 e. The second-order valence-corrected chi connectivity index (χ2v) is 4.51. The molecule has 5 N–H and O–H groups in total. The molecule has 22 heavy (non-hydrogen) atoms. The first-order valence-electron chi connectivity index (χ1n) is 6.19. The molecule has 0 fully saturated rings. The predicted molar refractivity (Wildman–Crippen MR) is 85.4 cm³/mol. The molecule has 1 atom stereocenters. The van der Waals surface area contributed by atoms with E-state index in [1.165, 1.54) is 19.3 Å². The van der Waals surface area contributed by atoms with Crippen LogP contribution in [0.4, 0.5) is 0 Å². The number of carboxylic acid groups (broad SMARTS) is 2. The van der Waals surface area contributed by atoms with E-state index in [9.17, 15) is 14.7 Å². The van der Waals surface area contributed by atoms with Gasteiger partial charge in [0.05, 0.1) is 7.11 Å². The van der Waals surface area contributed by atoms with Crippen molar-refractivity contribution in [2.45, 2.75) is 12.5 Å². The number of hydrogen-bond acceptors (Lipinski definition) is 6. The lowest BCUT2D eigenvalue weighted by Gasteiger charge is -2.03. The van der Waals surface area contributed by atoms with Crippen molar-refractivity contribution in [1.82, 2.24) is 0 Å². The second kappa shape index (κ2) is 10.5. The number of ether oxygens (including phenoxy) is 1. The number of methoxy groups -OCH3 is 1. The van der Waals surface area contributed by atoms with E-state index in [2.05, 4.69) is 12.6 Å². The van der Waals surface area contributed by atoms with E-state index in [-0.39, 0.29) is 5.75 Å². The van der Waals surface area contributed by atoms with E-state index in [1.54, 1.807) is 12.1 Å². The van der Waals surface area contributed by atoms with Crippen LogP contribution in [0.15, 0.2) is 24.3 Å². The second-order valence-electron chi connectivity index (χ2n) is 4.06. The Labute approximate surface area is 133 Å². The van der Waals surface area contributed by atoms with Gasteiger partial charge in [0.2, 0.25) is 0 Å². The van der Waals surface area contributed by atoms with Gasteiger partial charge in [-0.05, 0) is 35.9 Å². The lowest BCUT2D eigenvalue weighted by Crippen LogP contribution is -2.30. The van der Waals surface area contributed by atoms with Gasteiger partial charge >= 0.3 is 11.9 Å². The fraction of sp³-hybridized carbons (Fsp3) is 0.286. The molecule has 0 aliphatic heterocycles. The lowest BCUT2D eigenvalue weighted by molar-refractivity contribution is -0.138. The highest BCUT2D eigenvalue weighted by molar-refractivity contribution is 7.80. The van der Waals surface area contributed by atoms with Crippen LogP contribution in [0, 0.1) is 0 Å². The lowest BCUT2D eigenvalue weighted by atomic mass is 10.2. The molecule has 0 aromatic heterocycles. The molecule has 0 radical (unpaired) electrons. The summed E-state index contributed by atoms with van der Waals surface area (Å²) in [6.07, 6.45) is 2.87. The third-order valence-electron chi connectivity index (χ3n) is 2.38. The van der Waals surface area contributed by atoms with Crippen molar-refractivity contribution in [3.05, 3.63) is 29.8 Å². The Morgan fingerprint density at radius 3 is 2.45 bits per heavy atom. The van der Waals surface area contributed by atoms with Gasteiger partial charge < -0.3 is 25.8 Å². The molecule has 8 heteroatoms. The van der Waals surface area contributed by atoms with Crippen molar-refractivity contribution in [2.24, 2.45) is 5.73 Å². The van der Waals surface area contributed by atoms with Crippen molar-refractivity contribution in [2.75, 3.05) is 12.9 Å². The minimum absolute atomic E-state index is 0.0278. The largest absolute Gasteiger partial charge is 0.504 e. The highest BCUT2D eigenvalue weighted by Gasteiger charge is 2.08. The van der Waals surface area contributed by atoms with Gasteiger partial charge in [0.25, 0.3) is 0 Å². The van der Waals surface area contributed by atoms with E-state index in [0.29, 0.717) is 23.5 Å². The van der Waals surface area contributed by atoms with Crippen molar-refractivity contribution in [1.29, 1.82) is 0 Å². The van der Waals surface area contributed by atoms with Gasteiger partial charge in [-0.2, -0.15) is 12.6 Å². The Kier molecular flexibility index (Phi) is 9.48. The highest BCUT2D eigenvalue weighted by Crippen LogP contribution is 2.26. The number of nitrogens with two attached hydrogens (primary N) is 1. The third kappa shape index (κ3) is 8.18. The van der Waals surface area contributed by atoms with Crippen molar-refractivity contribution in [3.8, 4) is 11.5 Å². The summed E-state index contributed by atoms with van der Waals surface area (Å²) in [5.41, 5.74) is 5.73. The summed E-state index contributed by atoms with van der Waals surface area (Å²) in [5.74, 6) is -1.11. The SMILES string of the molecule is COc1cc(/C=C/C(=O)O)ccc1O.N[C@@H](CCS)C(=O)O. The number of thiol groups is 1. The highest BCUT2D eigenvalue weighted by atomic mass is 32.1. The summed E-state index contributed by atoms with van der Waals surface area (Å²) in [6, 6.07) is 3.85. The third-order valence-corrected chi connectivity index (χ3v) is 2.64. The molecule has 0 aliphatic carbocycles. The molecular formula is C14H19NO6S. The Morgan fingerprint density at radius 1 is 1.41 bits per heavy atom. The fourth-order valence-corrected chi connectivity index (χ4v) is 1.51. The quantitative estimate of drug-likeness (QED) is 0.392. The van der Waals surface area contributed by atoms with E-state index < -0.39 is 18.0 Å². The number of carbonyl (C=O) groups is 2. The number of benzene rings is 1. The first-order chi connectivity index (χ1) is 10.3. The van der Waals surface area contributed by atoms with Crippen molar-refractivity contribution >= 4 is 30.6 Å². The number of rotatable bonds is 6. The summed E-state index contributed by atoms with van der Waals surface area (Å²) in [7, 11) is 1.43. The van der Waals surface area contributed by atoms with Crippen LogP contribution in [0.25, 0.3) is 6.08 Å². The Bertz CT molecular complexity index is 532. The van der Waals surface area contributed by atoms with E-state index in [4.69, 9.17) is 20.7 Å². The molecular weight excluding hydrogens is 310 g/mol. The van der Waals surface area contributed by atoms with Crippen LogP contribution < -0.4 is 10.5 Å². The van der Waals surface area contributed by atoms with Crippen LogP contribution in [-0.4, -0.2) is 46.2 Å². The standard InChI is InChI=1S/C10H10O4.C4H9NO2S/c1-14-9-6-7(2-4-8(9)11)3-5-10(12)13;5-3(1-2-8)4(6)7/h2-6,11H,1H3,(H,12,13);3,8H,1-2,5H2,(H,6,7)/b5-3+;/t;3-/m.0/s1. The van der Waals surface area contributed by atoms with Gasteiger partial charge in [-0.3, -0.25) is 4.79 Å². The zero-order valence-corrected chi connectivity index (χ0v) is 12.9. The van der Waals surface area contributed by atoms with Crippen LogP contribution >= 0.6 is 12.6 Å². The monoisotopic (exact) mass is 329 g/mol. The van der Waals surface area contributed by atoms with Crippen LogP contribution in [0.1, 0.15) is 12.0 Å². The molecule has 1 rings (SSSR count). The predicted octanol–water partition coefficient (Wildman–Crippen LogP) is 1.22. The van der Waals surface area contributed by atoms with Crippen molar-refractivity contribution < 1.29 is 29.6 Å². The first kappa shape index (κ1) is 19.8. The molecule has 7 nitrogen and oxygen atoms in total. The van der Waals surface area contributed by atoms with Gasteiger partial charge in [-0.25, -0.2) is 4.79 Å². The molecule has 0 aliphatic rings. The molecule has 0 heterocycles. The van der Waals surface area contributed by atoms with Gasteiger partial charge in [0, 0.05) is 6.08 Å². The zero-order valence-electron chi connectivity index (χ0n) is 12.0. The number of hydrogen-bond donors (Lipinski definition) is 5. The molecule has 1 aromatic carbocycles. The Balaban J connectivity index is 0.000000472. The van der Waals surface area contributed by atoms with Crippen LogP contribution in [0.3, 0.4) is 0 Å². The van der Waals surface area contributed by atoms with E-state index in [1.807, 2.05) is 0 Å². The molecule has 0 bridgehead atoms. The Hall–Kier alpha value is -2.19. The molecule has 0 saturated heterocycles. The first-order valence-corrected chi connectivity index (χ1v) is 6.82. The molecule has 0 unspecified atom stereocenters. The summed E-state index contributed by atoms with van der Waals surface area (Å²) >= 11 is 3.81. The average Bonchev–Trinajstić information content (AvgIpc) is 2.47. The molecule has 0 amide bonds. The van der Waals surface area contributed by atoms with Gasteiger partial charge in [-0.1, -0.05) is 6.07 Å². The molecule has 0 saturated carbocycles. The molecule has 122 valence electrons. The molecule has 1 aromatic rings. The van der Waals surface area contributed by atoms with Crippen LogP contribution in [-0.2, 0) is 9.59 Å². The van der Waals surface area contributed by atoms with E-state index >= 15 is 0 Å². The number of carboxylic acids is 2. The zero-order chi connectivity index (χ0) is 17.1. The summed E-state index contributed by atoms with van der Waals surface area (Å²) in [6.45, 7) is 0. The van der Waals surface area contributed by atoms with Gasteiger partial charge in [0.15, 0.2) is 11.5 Å².